The fourth-order valence-electron chi connectivity index (χ4n) is 2.42. The van der Waals surface area contributed by atoms with Gasteiger partial charge in [-0.3, -0.25) is 4.79 Å². The highest BCUT2D eigenvalue weighted by molar-refractivity contribution is 7.92. The van der Waals surface area contributed by atoms with Crippen LogP contribution in [-0.2, 0) is 14.6 Å². The number of nitrogens with zero attached hydrogens (tertiary/aromatic N) is 1. The number of rotatable bonds is 5. The fraction of sp³-hybridized carbons (Fsp3) is 0.158. The Morgan fingerprint density at radius 2 is 1.90 bits per heavy atom. The molecular weight excluding hydrogens is 428 g/mol. The van der Waals surface area contributed by atoms with Gasteiger partial charge in [-0.1, -0.05) is 0 Å². The monoisotopic (exact) mass is 442 g/mol. The first-order valence-electron chi connectivity index (χ1n) is 8.14. The van der Waals surface area contributed by atoms with E-state index in [1.165, 1.54) is 20.0 Å². The molecule has 158 valence electrons. The van der Waals surface area contributed by atoms with Gasteiger partial charge in [-0.15, -0.1) is 0 Å². The van der Waals surface area contributed by atoms with Crippen molar-refractivity contribution in [1.82, 2.24) is 5.32 Å². The minimum atomic E-state index is -5.73. The van der Waals surface area contributed by atoms with Gasteiger partial charge in [-0.2, -0.15) is 18.4 Å². The van der Waals surface area contributed by atoms with Gasteiger partial charge in [0.1, 0.15) is 17.3 Å². The Labute approximate surface area is 169 Å². The quantitative estimate of drug-likeness (QED) is 0.561. The number of sulfone groups is 1. The van der Waals surface area contributed by atoms with Crippen LogP contribution in [0.3, 0.4) is 0 Å². The van der Waals surface area contributed by atoms with Crippen molar-refractivity contribution < 1.29 is 35.5 Å². The third-order valence-corrected chi connectivity index (χ3v) is 5.44. The first-order chi connectivity index (χ1) is 13.9. The summed E-state index contributed by atoms with van der Waals surface area (Å²) in [6.07, 6.45) is 1.77. The zero-order valence-corrected chi connectivity index (χ0v) is 16.4. The number of hydrogen-bond acceptors (Lipinski definition) is 5. The highest BCUT2D eigenvalue weighted by Crippen LogP contribution is 2.38. The number of carbonyl (C=O) groups is 1. The minimum absolute atomic E-state index is 0.0525. The second-order valence-corrected chi connectivity index (χ2v) is 7.80. The number of alkyl halides is 3. The van der Waals surface area contributed by atoms with Crippen molar-refractivity contribution in [1.29, 1.82) is 5.26 Å². The van der Waals surface area contributed by atoms with Gasteiger partial charge in [0.2, 0.25) is 5.91 Å². The SMILES string of the molecule is CNC(=O)/C=C/c1c(S(=O)(=O)C(F)(F)F)ccc(Oc2cc(F)cc(C#N)c2)c1C. The zero-order valence-electron chi connectivity index (χ0n) is 15.5. The predicted molar refractivity (Wildman–Crippen MR) is 98.7 cm³/mol. The molecule has 0 aliphatic carbocycles. The first-order valence-corrected chi connectivity index (χ1v) is 9.62. The van der Waals surface area contributed by atoms with E-state index in [4.69, 9.17) is 10.00 Å². The summed E-state index contributed by atoms with van der Waals surface area (Å²) in [7, 11) is -4.45. The van der Waals surface area contributed by atoms with E-state index in [1.54, 1.807) is 6.07 Å². The molecule has 0 unspecified atom stereocenters. The van der Waals surface area contributed by atoms with Crippen molar-refractivity contribution in [2.45, 2.75) is 17.3 Å². The highest BCUT2D eigenvalue weighted by atomic mass is 32.2. The topological polar surface area (TPSA) is 96.3 Å². The van der Waals surface area contributed by atoms with E-state index in [2.05, 4.69) is 5.32 Å². The van der Waals surface area contributed by atoms with Gasteiger partial charge in [-0.25, -0.2) is 12.8 Å². The van der Waals surface area contributed by atoms with Gasteiger partial charge < -0.3 is 10.1 Å². The maximum Gasteiger partial charge on any atom is 0.501 e. The zero-order chi connectivity index (χ0) is 22.7. The van der Waals surface area contributed by atoms with E-state index in [0.717, 1.165) is 30.4 Å². The largest absolute Gasteiger partial charge is 0.501 e. The van der Waals surface area contributed by atoms with Crippen LogP contribution in [0.4, 0.5) is 17.6 Å². The van der Waals surface area contributed by atoms with Crippen LogP contribution in [0.2, 0.25) is 0 Å². The number of nitrogens with one attached hydrogen (secondary N) is 1. The normalized spacial score (nSPS) is 11.9. The molecule has 0 radical (unpaired) electrons. The molecule has 0 saturated carbocycles. The Balaban J connectivity index is 2.66. The molecule has 6 nitrogen and oxygen atoms in total. The lowest BCUT2D eigenvalue weighted by atomic mass is 10.1. The van der Waals surface area contributed by atoms with Crippen molar-refractivity contribution in [2.24, 2.45) is 0 Å². The molecule has 0 aliphatic rings. The molecule has 0 atom stereocenters. The number of halogens is 4. The molecule has 0 fully saturated rings. The summed E-state index contributed by atoms with van der Waals surface area (Å²) in [6, 6.07) is 6.48. The van der Waals surface area contributed by atoms with Crippen LogP contribution in [0.15, 0.2) is 41.3 Å². The van der Waals surface area contributed by atoms with Crippen LogP contribution in [0.1, 0.15) is 16.7 Å². The Kier molecular flexibility index (Phi) is 6.52. The first kappa shape index (κ1) is 22.9. The van der Waals surface area contributed by atoms with E-state index in [0.29, 0.717) is 6.07 Å². The molecule has 2 aromatic carbocycles. The van der Waals surface area contributed by atoms with E-state index in [-0.39, 0.29) is 22.6 Å². The third-order valence-electron chi connectivity index (χ3n) is 3.90. The van der Waals surface area contributed by atoms with Crippen molar-refractivity contribution >= 4 is 21.8 Å². The van der Waals surface area contributed by atoms with Crippen LogP contribution in [-0.4, -0.2) is 26.9 Å². The van der Waals surface area contributed by atoms with E-state index >= 15 is 0 Å². The molecule has 1 N–H and O–H groups in total. The Morgan fingerprint density at radius 3 is 2.47 bits per heavy atom. The molecule has 0 saturated heterocycles. The number of benzene rings is 2. The summed E-state index contributed by atoms with van der Waals surface area (Å²) in [4.78, 5) is 10.4. The fourth-order valence-corrected chi connectivity index (χ4v) is 3.42. The number of nitriles is 1. The predicted octanol–water partition coefficient (Wildman–Crippen LogP) is 3.85. The number of ether oxygens (including phenoxy) is 1. The number of hydrogen-bond donors (Lipinski definition) is 1. The van der Waals surface area contributed by atoms with E-state index < -0.39 is 37.5 Å². The minimum Gasteiger partial charge on any atom is -0.457 e. The van der Waals surface area contributed by atoms with Gasteiger partial charge in [0, 0.05) is 30.3 Å². The van der Waals surface area contributed by atoms with Crippen LogP contribution < -0.4 is 10.1 Å². The summed E-state index contributed by atoms with van der Waals surface area (Å²) >= 11 is 0. The lowest BCUT2D eigenvalue weighted by Gasteiger charge is -2.16. The molecule has 0 spiro atoms. The lowest BCUT2D eigenvalue weighted by molar-refractivity contribution is -0.115. The Hall–Kier alpha value is -3.39. The molecule has 2 rings (SSSR count). The smallest absolute Gasteiger partial charge is 0.457 e. The van der Waals surface area contributed by atoms with E-state index in [1.807, 2.05) is 0 Å². The second kappa shape index (κ2) is 8.54. The van der Waals surface area contributed by atoms with Crippen LogP contribution in [0.5, 0.6) is 11.5 Å². The average Bonchev–Trinajstić information content (AvgIpc) is 2.66. The average molecular weight is 442 g/mol. The maximum absolute atomic E-state index is 13.6. The van der Waals surface area contributed by atoms with Crippen LogP contribution in [0, 0.1) is 24.1 Å². The van der Waals surface area contributed by atoms with Crippen LogP contribution >= 0.6 is 0 Å². The van der Waals surface area contributed by atoms with Gasteiger partial charge in [0.05, 0.1) is 16.5 Å². The van der Waals surface area contributed by atoms with Gasteiger partial charge >= 0.3 is 5.51 Å². The van der Waals surface area contributed by atoms with Crippen molar-refractivity contribution in [3.8, 4) is 17.6 Å². The number of carbonyl (C=O) groups excluding carboxylic acids is 1. The molecule has 0 heterocycles. The second-order valence-electron chi connectivity index (χ2n) is 5.89. The van der Waals surface area contributed by atoms with Crippen molar-refractivity contribution in [3.63, 3.8) is 0 Å². The molecule has 2 aromatic rings. The summed E-state index contributed by atoms with van der Waals surface area (Å²) in [6.45, 7) is 1.28. The number of likely N-dealkylation sites (N-methyl/N-ethyl adjacent to an activating group) is 1. The molecule has 0 aliphatic heterocycles. The number of amides is 1. The maximum atomic E-state index is 13.6. The highest BCUT2D eigenvalue weighted by Gasteiger charge is 2.48. The molecular formula is C19H14F4N2O4S. The van der Waals surface area contributed by atoms with E-state index in [9.17, 15) is 30.8 Å². The van der Waals surface area contributed by atoms with Gasteiger partial charge in [-0.05, 0) is 37.3 Å². The Bertz CT molecular complexity index is 1170. The molecule has 1 amide bonds. The van der Waals surface area contributed by atoms with Gasteiger partial charge in [0.15, 0.2) is 0 Å². The summed E-state index contributed by atoms with van der Waals surface area (Å²) in [5.41, 5.74) is -6.10. The van der Waals surface area contributed by atoms with Gasteiger partial charge in [0.25, 0.3) is 9.84 Å². The lowest BCUT2D eigenvalue weighted by Crippen LogP contribution is -2.24. The molecule has 11 heteroatoms. The Morgan fingerprint density at radius 1 is 1.23 bits per heavy atom. The van der Waals surface area contributed by atoms with Crippen LogP contribution in [0.25, 0.3) is 6.08 Å². The summed E-state index contributed by atoms with van der Waals surface area (Å²) in [5, 5.41) is 11.1. The molecule has 0 aromatic heterocycles. The molecule has 0 bridgehead atoms. The molecule has 30 heavy (non-hydrogen) atoms. The summed E-state index contributed by atoms with van der Waals surface area (Å²) in [5.74, 6) is -1.68. The summed E-state index contributed by atoms with van der Waals surface area (Å²) < 4.78 is 82.2. The third kappa shape index (κ3) is 4.77. The standard InChI is InChI=1S/C19H14F4N2O4S/c1-11-15(3-6-18(26)25-2)17(30(27,28)19(21,22)23)5-4-16(11)29-14-8-12(10-24)7-13(20)9-14/h3-9H,1-2H3,(H,25,26)/b6-3+. The van der Waals surface area contributed by atoms with Crippen molar-refractivity contribution in [2.75, 3.05) is 7.05 Å². The van der Waals surface area contributed by atoms with Crippen molar-refractivity contribution in [3.05, 3.63) is 58.9 Å².